The molecule has 0 amide bonds. The number of rotatable bonds is 11. The van der Waals surface area contributed by atoms with Crippen LogP contribution in [0, 0.1) is 0 Å². The summed E-state index contributed by atoms with van der Waals surface area (Å²) in [5.41, 5.74) is 0. The van der Waals surface area contributed by atoms with Crippen LogP contribution in [0.2, 0.25) is 0 Å². The number of hydrogen-bond acceptors (Lipinski definition) is 4. The second-order valence-corrected chi connectivity index (χ2v) is 6.25. The van der Waals surface area contributed by atoms with Crippen molar-refractivity contribution in [1.82, 2.24) is 0 Å². The Morgan fingerprint density at radius 1 is 0.944 bits per heavy atom. The first-order valence-corrected chi connectivity index (χ1v) is 8.11. The Labute approximate surface area is 154 Å². The van der Waals surface area contributed by atoms with Crippen LogP contribution in [-0.2, 0) is 10.1 Å². The Morgan fingerprint density at radius 3 is 1.72 bits per heavy atom. The molecule has 0 fully saturated rings. The molecule has 0 radical (unpaired) electrons. The Morgan fingerprint density at radius 2 is 1.33 bits per heavy atom. The third-order valence-corrected chi connectivity index (χ3v) is 3.55. The summed E-state index contributed by atoms with van der Waals surface area (Å²) >= 11 is 0. The molecule has 0 aliphatic rings. The molecule has 0 aromatic heterocycles. The van der Waals surface area contributed by atoms with E-state index in [-0.39, 0.29) is 63.2 Å². The summed E-state index contributed by atoms with van der Waals surface area (Å²) in [5.74, 6) is -0.221. The van der Waals surface area contributed by atoms with E-state index in [1.807, 2.05) is 6.92 Å². The molecule has 0 spiro atoms. The Hall–Kier alpha value is 1.51. The summed E-state index contributed by atoms with van der Waals surface area (Å²) in [6, 6.07) is 0. The van der Waals surface area contributed by atoms with Crippen LogP contribution in [0.1, 0.15) is 64.7 Å². The minimum absolute atomic E-state index is 0. The fourth-order valence-corrected chi connectivity index (χ4v) is 2.34. The van der Waals surface area contributed by atoms with Crippen LogP contribution in [-0.4, -0.2) is 29.9 Å². The number of unbranched alkanes of at least 4 members (excludes halogenated alkanes) is 7. The molecular weight excluding hydrogens is 279 g/mol. The average molecular weight is 304 g/mol. The Kier molecular flexibility index (Phi) is 16.3. The van der Waals surface area contributed by atoms with E-state index in [1.165, 1.54) is 6.42 Å². The van der Waals surface area contributed by atoms with Crippen molar-refractivity contribution in [1.29, 1.82) is 0 Å². The van der Waals surface area contributed by atoms with E-state index in [9.17, 15) is 13.0 Å². The van der Waals surface area contributed by atoms with Gasteiger partial charge in [-0.2, -0.15) is 0 Å². The summed E-state index contributed by atoms with van der Waals surface area (Å²) < 4.78 is 31.0. The maximum absolute atomic E-state index is 10.3. The van der Waals surface area contributed by atoms with Gasteiger partial charge < -0.3 is 9.66 Å². The first kappa shape index (κ1) is 21.8. The van der Waals surface area contributed by atoms with Gasteiger partial charge in [0.05, 0.1) is 16.2 Å². The van der Waals surface area contributed by atoms with Gasteiger partial charge in [0.1, 0.15) is 0 Å². The standard InChI is InChI=1S/C12H26O4S.K/c1-12(13)10-8-6-4-2-3-5-7-9-11-17(14,15)16;/h12-13H,2-11H2,1H3,(H,14,15,16);/q;+1/p-1. The Balaban J connectivity index is 0. The van der Waals surface area contributed by atoms with Gasteiger partial charge in [0.2, 0.25) is 0 Å². The molecule has 0 aliphatic heterocycles. The van der Waals surface area contributed by atoms with Gasteiger partial charge in [0.25, 0.3) is 0 Å². The molecule has 6 heteroatoms. The molecule has 0 rings (SSSR count). The zero-order valence-corrected chi connectivity index (χ0v) is 15.7. The summed E-state index contributed by atoms with van der Waals surface area (Å²) in [4.78, 5) is 0. The molecule has 1 atom stereocenters. The molecule has 1 N–H and O–H groups in total. The molecule has 104 valence electrons. The van der Waals surface area contributed by atoms with Crippen molar-refractivity contribution in [3.63, 3.8) is 0 Å². The predicted octanol–water partition coefficient (Wildman–Crippen LogP) is -0.573. The normalized spacial score (nSPS) is 13.1. The zero-order chi connectivity index (χ0) is 13.1. The van der Waals surface area contributed by atoms with Crippen molar-refractivity contribution in [2.75, 3.05) is 5.75 Å². The van der Waals surface area contributed by atoms with E-state index in [2.05, 4.69) is 0 Å². The molecule has 0 heterocycles. The molecule has 4 nitrogen and oxygen atoms in total. The minimum Gasteiger partial charge on any atom is -0.748 e. The van der Waals surface area contributed by atoms with Crippen LogP contribution in [0.15, 0.2) is 0 Å². The maximum atomic E-state index is 10.3. The number of aliphatic hydroxyl groups is 1. The van der Waals surface area contributed by atoms with E-state index in [1.54, 1.807) is 0 Å². The van der Waals surface area contributed by atoms with Gasteiger partial charge in [-0.05, 0) is 19.8 Å². The molecule has 0 aliphatic carbocycles. The summed E-state index contributed by atoms with van der Waals surface area (Å²) in [7, 11) is -4.01. The molecule has 0 bridgehead atoms. The fraction of sp³-hybridized carbons (Fsp3) is 1.00. The number of aliphatic hydroxyl groups excluding tert-OH is 1. The minimum atomic E-state index is -4.01. The van der Waals surface area contributed by atoms with Gasteiger partial charge in [0.15, 0.2) is 0 Å². The average Bonchev–Trinajstić information content (AvgIpc) is 2.18. The van der Waals surface area contributed by atoms with Crippen LogP contribution in [0.3, 0.4) is 0 Å². The predicted molar refractivity (Wildman–Crippen MR) is 67.8 cm³/mol. The van der Waals surface area contributed by atoms with E-state index < -0.39 is 10.1 Å². The smallest absolute Gasteiger partial charge is 0.748 e. The van der Waals surface area contributed by atoms with Crippen LogP contribution in [0.25, 0.3) is 0 Å². The van der Waals surface area contributed by atoms with E-state index in [0.717, 1.165) is 44.9 Å². The zero-order valence-electron chi connectivity index (χ0n) is 11.7. The third-order valence-electron chi connectivity index (χ3n) is 2.77. The largest absolute Gasteiger partial charge is 1.00 e. The molecule has 1 unspecified atom stereocenters. The van der Waals surface area contributed by atoms with Crippen LogP contribution in [0.4, 0.5) is 0 Å². The molecule has 18 heavy (non-hydrogen) atoms. The molecular formula is C12H25KO4S. The number of hydrogen-bond donors (Lipinski definition) is 1. The van der Waals surface area contributed by atoms with Crippen LogP contribution < -0.4 is 51.4 Å². The summed E-state index contributed by atoms with van der Waals surface area (Å²) in [5, 5.41) is 9.04. The van der Waals surface area contributed by atoms with E-state index in [4.69, 9.17) is 5.11 Å². The van der Waals surface area contributed by atoms with Crippen LogP contribution >= 0.6 is 0 Å². The second-order valence-electron chi connectivity index (χ2n) is 4.73. The van der Waals surface area contributed by atoms with Crippen molar-refractivity contribution in [3.05, 3.63) is 0 Å². The quantitative estimate of drug-likeness (QED) is 0.315. The summed E-state index contributed by atoms with van der Waals surface area (Å²) in [6.45, 7) is 1.81. The van der Waals surface area contributed by atoms with Gasteiger partial charge in [0, 0.05) is 5.75 Å². The second kappa shape index (κ2) is 13.5. The molecule has 0 aromatic rings. The molecule has 0 aromatic carbocycles. The van der Waals surface area contributed by atoms with Gasteiger partial charge >= 0.3 is 51.4 Å². The molecule has 0 saturated heterocycles. The third kappa shape index (κ3) is 19.8. The monoisotopic (exact) mass is 304 g/mol. The first-order valence-electron chi connectivity index (χ1n) is 6.53. The fourth-order valence-electron chi connectivity index (χ4n) is 1.78. The maximum Gasteiger partial charge on any atom is 1.00 e. The van der Waals surface area contributed by atoms with Gasteiger partial charge in [-0.15, -0.1) is 0 Å². The van der Waals surface area contributed by atoms with Crippen molar-refractivity contribution >= 4 is 10.1 Å². The van der Waals surface area contributed by atoms with Crippen molar-refractivity contribution in [2.45, 2.75) is 70.8 Å². The summed E-state index contributed by atoms with van der Waals surface area (Å²) in [6.07, 6.45) is 8.68. The topological polar surface area (TPSA) is 77.4 Å². The van der Waals surface area contributed by atoms with Crippen molar-refractivity contribution < 1.29 is 69.5 Å². The van der Waals surface area contributed by atoms with Crippen molar-refractivity contribution in [2.24, 2.45) is 0 Å². The SMILES string of the molecule is CC(O)CCCCCCCCCCS(=O)(=O)[O-].[K+]. The van der Waals surface area contributed by atoms with Gasteiger partial charge in [-0.1, -0.05) is 44.9 Å². The first-order chi connectivity index (χ1) is 7.92. The van der Waals surface area contributed by atoms with Crippen molar-refractivity contribution in [3.8, 4) is 0 Å². The molecule has 0 saturated carbocycles. The van der Waals surface area contributed by atoms with E-state index >= 15 is 0 Å². The van der Waals surface area contributed by atoms with Gasteiger partial charge in [-0.25, -0.2) is 8.42 Å². The van der Waals surface area contributed by atoms with E-state index in [0.29, 0.717) is 6.42 Å². The van der Waals surface area contributed by atoms with Gasteiger partial charge in [-0.3, -0.25) is 0 Å². The van der Waals surface area contributed by atoms with Crippen LogP contribution in [0.5, 0.6) is 0 Å². The Bertz CT molecular complexity index is 265.